The summed E-state index contributed by atoms with van der Waals surface area (Å²) in [6.07, 6.45) is 1.78. The summed E-state index contributed by atoms with van der Waals surface area (Å²) in [4.78, 5) is 10.7. The molecule has 0 aliphatic rings. The van der Waals surface area contributed by atoms with Crippen molar-refractivity contribution < 1.29 is 14.6 Å². The lowest BCUT2D eigenvalue weighted by Crippen LogP contribution is -2.32. The molecule has 0 aliphatic carbocycles. The largest absolute Gasteiger partial charge is 0.496 e. The molecule has 112 valence electrons. The third kappa shape index (κ3) is 3.93. The Kier molecular flexibility index (Phi) is 4.77. The van der Waals surface area contributed by atoms with Crippen LogP contribution < -0.4 is 10.5 Å². The van der Waals surface area contributed by atoms with Crippen LogP contribution in [-0.4, -0.2) is 39.2 Å². The summed E-state index contributed by atoms with van der Waals surface area (Å²) in [5, 5.41) is 17.2. The van der Waals surface area contributed by atoms with Crippen molar-refractivity contribution in [3.63, 3.8) is 0 Å². The van der Waals surface area contributed by atoms with Crippen molar-refractivity contribution in [2.75, 3.05) is 7.11 Å². The van der Waals surface area contributed by atoms with Gasteiger partial charge in [0.15, 0.2) is 0 Å². The Morgan fingerprint density at radius 3 is 3.00 bits per heavy atom. The molecule has 0 aliphatic heterocycles. The van der Waals surface area contributed by atoms with Crippen LogP contribution in [0.2, 0.25) is 5.02 Å². The van der Waals surface area contributed by atoms with Gasteiger partial charge in [-0.15, -0.1) is 5.10 Å². The van der Waals surface area contributed by atoms with Crippen molar-refractivity contribution in [3.05, 3.63) is 40.7 Å². The number of methoxy groups -OCH3 is 1. The maximum Gasteiger partial charge on any atom is 0.320 e. The van der Waals surface area contributed by atoms with Crippen LogP contribution in [0.1, 0.15) is 11.3 Å². The Labute approximate surface area is 126 Å². The summed E-state index contributed by atoms with van der Waals surface area (Å²) in [5.41, 5.74) is 6.83. The lowest BCUT2D eigenvalue weighted by atomic mass is 10.2. The van der Waals surface area contributed by atoms with Crippen LogP contribution >= 0.6 is 11.6 Å². The molecule has 0 amide bonds. The highest BCUT2D eigenvalue weighted by molar-refractivity contribution is 6.30. The Balaban J connectivity index is 2.12. The van der Waals surface area contributed by atoms with E-state index < -0.39 is 12.0 Å². The maximum atomic E-state index is 10.7. The van der Waals surface area contributed by atoms with Gasteiger partial charge in [0, 0.05) is 23.2 Å². The molecule has 1 heterocycles. The molecular formula is C13H15ClN4O3. The second-order valence-electron chi connectivity index (χ2n) is 4.51. The second kappa shape index (κ2) is 6.55. The van der Waals surface area contributed by atoms with Crippen LogP contribution in [0.3, 0.4) is 0 Å². The zero-order chi connectivity index (χ0) is 15.4. The Bertz CT molecular complexity index is 644. The molecule has 3 N–H and O–H groups in total. The Morgan fingerprint density at radius 1 is 1.57 bits per heavy atom. The number of rotatable bonds is 6. The molecule has 0 bridgehead atoms. The molecule has 8 heteroatoms. The number of carbonyl (C=O) groups is 1. The fraction of sp³-hybridized carbons (Fsp3) is 0.308. The van der Waals surface area contributed by atoms with Crippen molar-refractivity contribution >= 4 is 17.6 Å². The smallest absolute Gasteiger partial charge is 0.320 e. The summed E-state index contributed by atoms with van der Waals surface area (Å²) in [7, 11) is 1.57. The number of ether oxygens (including phenoxy) is 1. The van der Waals surface area contributed by atoms with Gasteiger partial charge in [0.05, 0.1) is 19.3 Å². The monoisotopic (exact) mass is 310 g/mol. The quantitative estimate of drug-likeness (QED) is 0.823. The Morgan fingerprint density at radius 2 is 2.33 bits per heavy atom. The van der Waals surface area contributed by atoms with Gasteiger partial charge in [0.25, 0.3) is 0 Å². The van der Waals surface area contributed by atoms with Gasteiger partial charge >= 0.3 is 5.97 Å². The van der Waals surface area contributed by atoms with Crippen LogP contribution in [0.15, 0.2) is 24.4 Å². The van der Waals surface area contributed by atoms with Crippen molar-refractivity contribution in [1.82, 2.24) is 15.0 Å². The van der Waals surface area contributed by atoms with Crippen LogP contribution in [0, 0.1) is 0 Å². The number of benzene rings is 1. The van der Waals surface area contributed by atoms with Gasteiger partial charge in [0.1, 0.15) is 11.8 Å². The van der Waals surface area contributed by atoms with E-state index in [-0.39, 0.29) is 6.42 Å². The van der Waals surface area contributed by atoms with Gasteiger partial charge < -0.3 is 15.6 Å². The minimum absolute atomic E-state index is 0.127. The average Bonchev–Trinajstić information content (AvgIpc) is 2.86. The number of hydrogen-bond donors (Lipinski definition) is 2. The summed E-state index contributed by atoms with van der Waals surface area (Å²) in [6.45, 7) is 0.416. The lowest BCUT2D eigenvalue weighted by molar-refractivity contribution is -0.138. The molecule has 7 nitrogen and oxygen atoms in total. The van der Waals surface area contributed by atoms with Gasteiger partial charge in [-0.25, -0.2) is 4.68 Å². The second-order valence-corrected chi connectivity index (χ2v) is 4.95. The van der Waals surface area contributed by atoms with E-state index in [9.17, 15) is 4.79 Å². The number of aliphatic carboxylic acids is 1. The minimum Gasteiger partial charge on any atom is -0.496 e. The maximum absolute atomic E-state index is 10.7. The topological polar surface area (TPSA) is 103 Å². The first kappa shape index (κ1) is 15.3. The summed E-state index contributed by atoms with van der Waals surface area (Å²) < 4.78 is 6.84. The Hall–Kier alpha value is -2.12. The van der Waals surface area contributed by atoms with Gasteiger partial charge in [-0.05, 0) is 18.2 Å². The average molecular weight is 311 g/mol. The molecule has 0 radical (unpaired) electrons. The first-order chi connectivity index (χ1) is 9.99. The first-order valence-corrected chi connectivity index (χ1v) is 6.57. The van der Waals surface area contributed by atoms with Gasteiger partial charge in [0.2, 0.25) is 0 Å². The molecule has 2 rings (SSSR count). The van der Waals surface area contributed by atoms with E-state index in [0.29, 0.717) is 23.0 Å². The number of nitrogens with two attached hydrogens (primary N) is 1. The van der Waals surface area contributed by atoms with Crippen LogP contribution in [-0.2, 0) is 17.8 Å². The highest BCUT2D eigenvalue weighted by Crippen LogP contribution is 2.23. The van der Waals surface area contributed by atoms with E-state index in [4.69, 9.17) is 27.2 Å². The van der Waals surface area contributed by atoms with Crippen LogP contribution in [0.5, 0.6) is 5.75 Å². The number of carboxylic acid groups (broad SMARTS) is 1. The predicted molar refractivity (Wildman–Crippen MR) is 76.4 cm³/mol. The molecule has 1 aromatic carbocycles. The number of nitrogens with zero attached hydrogens (tertiary/aromatic N) is 3. The summed E-state index contributed by atoms with van der Waals surface area (Å²) in [5.74, 6) is -0.375. The number of halogens is 1. The van der Waals surface area contributed by atoms with E-state index in [0.717, 1.165) is 5.56 Å². The van der Waals surface area contributed by atoms with Crippen LogP contribution in [0.25, 0.3) is 0 Å². The number of carboxylic acids is 1. The zero-order valence-corrected chi connectivity index (χ0v) is 12.1. The van der Waals surface area contributed by atoms with Crippen LogP contribution in [0.4, 0.5) is 0 Å². The molecule has 1 aromatic heterocycles. The van der Waals surface area contributed by atoms with Crippen molar-refractivity contribution in [2.45, 2.75) is 19.0 Å². The third-order valence-electron chi connectivity index (χ3n) is 2.91. The SMILES string of the molecule is COc1ccc(Cl)cc1Cn1cc(CC(N)C(=O)O)nn1. The van der Waals surface area contributed by atoms with Gasteiger partial charge in [-0.3, -0.25) is 4.79 Å². The third-order valence-corrected chi connectivity index (χ3v) is 3.14. The molecule has 0 saturated carbocycles. The van der Waals surface area contributed by atoms with Crippen molar-refractivity contribution in [2.24, 2.45) is 5.73 Å². The van der Waals surface area contributed by atoms with E-state index in [1.807, 2.05) is 0 Å². The number of hydrogen-bond acceptors (Lipinski definition) is 5. The lowest BCUT2D eigenvalue weighted by Gasteiger charge is -2.08. The van der Waals surface area contributed by atoms with Crippen molar-refractivity contribution in [1.29, 1.82) is 0 Å². The molecule has 1 unspecified atom stereocenters. The molecule has 21 heavy (non-hydrogen) atoms. The zero-order valence-electron chi connectivity index (χ0n) is 11.4. The van der Waals surface area contributed by atoms with Gasteiger partial charge in [-0.1, -0.05) is 16.8 Å². The highest BCUT2D eigenvalue weighted by atomic mass is 35.5. The van der Waals surface area contributed by atoms with E-state index in [2.05, 4.69) is 10.3 Å². The summed E-state index contributed by atoms with van der Waals surface area (Å²) in [6, 6.07) is 4.30. The fourth-order valence-corrected chi connectivity index (χ4v) is 2.06. The molecule has 0 fully saturated rings. The van der Waals surface area contributed by atoms with Crippen molar-refractivity contribution in [3.8, 4) is 5.75 Å². The molecule has 2 aromatic rings. The normalized spacial score (nSPS) is 12.1. The molecule has 0 saturated heterocycles. The van der Waals surface area contributed by atoms with E-state index >= 15 is 0 Å². The van der Waals surface area contributed by atoms with E-state index in [1.165, 1.54) is 0 Å². The minimum atomic E-state index is -1.07. The summed E-state index contributed by atoms with van der Waals surface area (Å²) >= 11 is 5.97. The molecular weight excluding hydrogens is 296 g/mol. The number of aromatic nitrogens is 3. The van der Waals surface area contributed by atoms with Gasteiger partial charge in [-0.2, -0.15) is 0 Å². The standard InChI is InChI=1S/C13H15ClN4O3/c1-21-12-3-2-9(14)4-8(12)6-18-7-10(16-17-18)5-11(15)13(19)20/h2-4,7,11H,5-6,15H2,1H3,(H,19,20). The first-order valence-electron chi connectivity index (χ1n) is 6.19. The fourth-order valence-electron chi connectivity index (χ4n) is 1.87. The predicted octanol–water partition coefficient (Wildman–Crippen LogP) is 0.943. The van der Waals surface area contributed by atoms with E-state index in [1.54, 1.807) is 36.2 Å². The molecule has 1 atom stereocenters. The highest BCUT2D eigenvalue weighted by Gasteiger charge is 2.15. The molecule has 0 spiro atoms.